The van der Waals surface area contributed by atoms with Crippen molar-refractivity contribution in [2.45, 2.75) is 19.4 Å². The van der Waals surface area contributed by atoms with Crippen molar-refractivity contribution in [1.82, 2.24) is 4.90 Å². The average Bonchev–Trinajstić information content (AvgIpc) is 2.37. The molecule has 0 saturated carbocycles. The smallest absolute Gasteiger partial charge is 0.416 e. The average molecular weight is 261 g/mol. The van der Waals surface area contributed by atoms with Crippen LogP contribution in [0.15, 0.2) is 0 Å². The summed E-state index contributed by atoms with van der Waals surface area (Å²) in [5, 5.41) is 0. The standard InChI is InChI=1S/C10H15NO7/c1-4-18-9(14)7(5-8(13)16-2)11(6-12)10(15)17-3/h6-7H,4-5H2,1-3H3/t7-/m0/s1. The van der Waals surface area contributed by atoms with Crippen LogP contribution in [0.4, 0.5) is 4.79 Å². The molecule has 0 aromatic heterocycles. The van der Waals surface area contributed by atoms with Crippen LogP contribution >= 0.6 is 0 Å². The lowest BCUT2D eigenvalue weighted by Crippen LogP contribution is -2.46. The van der Waals surface area contributed by atoms with Crippen molar-refractivity contribution in [2.75, 3.05) is 20.8 Å². The summed E-state index contributed by atoms with van der Waals surface area (Å²) >= 11 is 0. The number of imide groups is 1. The number of amides is 2. The molecule has 0 heterocycles. The maximum absolute atomic E-state index is 11.6. The first kappa shape index (κ1) is 15.9. The van der Waals surface area contributed by atoms with Crippen molar-refractivity contribution in [1.29, 1.82) is 0 Å². The van der Waals surface area contributed by atoms with Gasteiger partial charge >= 0.3 is 18.0 Å². The Morgan fingerprint density at radius 3 is 2.22 bits per heavy atom. The van der Waals surface area contributed by atoms with E-state index in [9.17, 15) is 19.2 Å². The quantitative estimate of drug-likeness (QED) is 0.368. The minimum absolute atomic E-state index is 0.0460. The highest BCUT2D eigenvalue weighted by Crippen LogP contribution is 2.08. The summed E-state index contributed by atoms with van der Waals surface area (Å²) in [5.41, 5.74) is 0. The Morgan fingerprint density at radius 1 is 1.22 bits per heavy atom. The number of methoxy groups -OCH3 is 2. The van der Waals surface area contributed by atoms with Crippen LogP contribution in [-0.2, 0) is 28.6 Å². The lowest BCUT2D eigenvalue weighted by atomic mass is 10.2. The molecule has 0 rings (SSSR count). The molecule has 0 aromatic rings. The van der Waals surface area contributed by atoms with Gasteiger partial charge in [0.15, 0.2) is 6.04 Å². The van der Waals surface area contributed by atoms with Crippen molar-refractivity contribution in [2.24, 2.45) is 0 Å². The van der Waals surface area contributed by atoms with Gasteiger partial charge in [0.1, 0.15) is 0 Å². The number of carbonyl (C=O) groups is 4. The minimum Gasteiger partial charge on any atom is -0.469 e. The summed E-state index contributed by atoms with van der Waals surface area (Å²) in [6, 6.07) is -1.40. The second kappa shape index (κ2) is 8.04. The van der Waals surface area contributed by atoms with E-state index in [1.165, 1.54) is 0 Å². The van der Waals surface area contributed by atoms with E-state index in [2.05, 4.69) is 14.2 Å². The zero-order valence-electron chi connectivity index (χ0n) is 10.4. The molecule has 8 nitrogen and oxygen atoms in total. The second-order valence-corrected chi connectivity index (χ2v) is 3.03. The lowest BCUT2D eigenvalue weighted by molar-refractivity contribution is -0.155. The zero-order valence-corrected chi connectivity index (χ0v) is 10.4. The van der Waals surface area contributed by atoms with Crippen LogP contribution in [0.25, 0.3) is 0 Å². The second-order valence-electron chi connectivity index (χ2n) is 3.03. The third-order valence-electron chi connectivity index (χ3n) is 1.98. The zero-order chi connectivity index (χ0) is 14.1. The van der Waals surface area contributed by atoms with Gasteiger partial charge in [-0.2, -0.15) is 0 Å². The van der Waals surface area contributed by atoms with Gasteiger partial charge in [-0.15, -0.1) is 0 Å². The molecule has 0 aromatic carbocycles. The Bertz CT molecular complexity index is 328. The molecule has 18 heavy (non-hydrogen) atoms. The highest BCUT2D eigenvalue weighted by molar-refractivity contribution is 5.91. The van der Waals surface area contributed by atoms with Gasteiger partial charge in [0, 0.05) is 0 Å². The number of hydrogen-bond acceptors (Lipinski definition) is 7. The Balaban J connectivity index is 5.03. The minimum atomic E-state index is -1.40. The Hall–Kier alpha value is -2.12. The van der Waals surface area contributed by atoms with E-state index in [4.69, 9.17) is 0 Å². The predicted molar refractivity (Wildman–Crippen MR) is 57.4 cm³/mol. The molecule has 8 heteroatoms. The number of carbonyl (C=O) groups excluding carboxylic acids is 4. The summed E-state index contributed by atoms with van der Waals surface area (Å²) in [6.07, 6.45) is -1.47. The molecule has 0 unspecified atom stereocenters. The first-order valence-corrected chi connectivity index (χ1v) is 5.06. The van der Waals surface area contributed by atoms with Gasteiger partial charge in [-0.25, -0.2) is 14.5 Å². The van der Waals surface area contributed by atoms with Crippen molar-refractivity contribution in [3.05, 3.63) is 0 Å². The normalized spacial score (nSPS) is 11.1. The predicted octanol–water partition coefficient (Wildman–Crippen LogP) is -0.294. The van der Waals surface area contributed by atoms with Gasteiger partial charge in [0.25, 0.3) is 0 Å². The molecule has 0 N–H and O–H groups in total. The highest BCUT2D eigenvalue weighted by atomic mass is 16.6. The molecule has 0 radical (unpaired) electrons. The van der Waals surface area contributed by atoms with Gasteiger partial charge in [-0.1, -0.05) is 0 Å². The molecular weight excluding hydrogens is 246 g/mol. The summed E-state index contributed by atoms with van der Waals surface area (Å²) in [5.74, 6) is -1.65. The highest BCUT2D eigenvalue weighted by Gasteiger charge is 2.34. The number of esters is 2. The fourth-order valence-electron chi connectivity index (χ4n) is 1.12. The van der Waals surface area contributed by atoms with Crippen LogP contribution in [-0.4, -0.2) is 56.2 Å². The van der Waals surface area contributed by atoms with Crippen molar-refractivity contribution in [3.8, 4) is 0 Å². The molecule has 0 aliphatic carbocycles. The van der Waals surface area contributed by atoms with E-state index in [1.807, 2.05) is 0 Å². The number of nitrogens with zero attached hydrogens (tertiary/aromatic N) is 1. The van der Waals surface area contributed by atoms with E-state index >= 15 is 0 Å². The Morgan fingerprint density at radius 2 is 1.83 bits per heavy atom. The third kappa shape index (κ3) is 4.40. The Kier molecular flexibility index (Phi) is 7.10. The summed E-state index contributed by atoms with van der Waals surface area (Å²) < 4.78 is 13.4. The maximum Gasteiger partial charge on any atom is 0.416 e. The largest absolute Gasteiger partial charge is 0.469 e. The van der Waals surface area contributed by atoms with Crippen LogP contribution in [0, 0.1) is 0 Å². The summed E-state index contributed by atoms with van der Waals surface area (Å²) in [7, 11) is 2.16. The summed E-state index contributed by atoms with van der Waals surface area (Å²) in [4.78, 5) is 45.2. The molecule has 0 aliphatic rings. The molecule has 0 fully saturated rings. The van der Waals surface area contributed by atoms with E-state index in [1.54, 1.807) is 6.92 Å². The fourth-order valence-corrected chi connectivity index (χ4v) is 1.12. The van der Waals surface area contributed by atoms with Crippen LogP contribution in [0.5, 0.6) is 0 Å². The van der Waals surface area contributed by atoms with Crippen LogP contribution in [0.1, 0.15) is 13.3 Å². The SMILES string of the molecule is CCOC(=O)[C@H](CC(=O)OC)N(C=O)C(=O)OC. The van der Waals surface area contributed by atoms with Crippen molar-refractivity contribution < 1.29 is 33.4 Å². The third-order valence-corrected chi connectivity index (χ3v) is 1.98. The number of hydrogen-bond donors (Lipinski definition) is 0. The van der Waals surface area contributed by atoms with Crippen LogP contribution < -0.4 is 0 Å². The first-order chi connectivity index (χ1) is 8.51. The molecule has 102 valence electrons. The van der Waals surface area contributed by atoms with Gasteiger partial charge in [0.05, 0.1) is 27.2 Å². The van der Waals surface area contributed by atoms with Crippen molar-refractivity contribution in [3.63, 3.8) is 0 Å². The van der Waals surface area contributed by atoms with E-state index < -0.39 is 30.5 Å². The lowest BCUT2D eigenvalue weighted by Gasteiger charge is -2.22. The van der Waals surface area contributed by atoms with E-state index in [-0.39, 0.29) is 13.0 Å². The van der Waals surface area contributed by atoms with Crippen molar-refractivity contribution >= 4 is 24.4 Å². The maximum atomic E-state index is 11.6. The van der Waals surface area contributed by atoms with Gasteiger partial charge in [-0.05, 0) is 6.92 Å². The van der Waals surface area contributed by atoms with Crippen LogP contribution in [0.3, 0.4) is 0 Å². The number of rotatable bonds is 6. The Labute approximate surface area is 104 Å². The molecule has 0 saturated heterocycles. The van der Waals surface area contributed by atoms with Gasteiger partial charge in [0.2, 0.25) is 6.41 Å². The molecular formula is C10H15NO7. The van der Waals surface area contributed by atoms with Gasteiger partial charge < -0.3 is 14.2 Å². The number of ether oxygens (including phenoxy) is 3. The summed E-state index contributed by atoms with van der Waals surface area (Å²) in [6.45, 7) is 1.60. The monoisotopic (exact) mass is 261 g/mol. The fraction of sp³-hybridized carbons (Fsp3) is 0.600. The van der Waals surface area contributed by atoms with E-state index in [0.717, 1.165) is 14.2 Å². The van der Waals surface area contributed by atoms with Gasteiger partial charge in [-0.3, -0.25) is 9.59 Å². The molecule has 1 atom stereocenters. The molecule has 0 bridgehead atoms. The van der Waals surface area contributed by atoms with Crippen LogP contribution in [0.2, 0.25) is 0 Å². The molecule has 0 spiro atoms. The first-order valence-electron chi connectivity index (χ1n) is 5.06. The van der Waals surface area contributed by atoms with E-state index in [0.29, 0.717) is 4.90 Å². The topological polar surface area (TPSA) is 99.2 Å². The molecule has 2 amide bonds. The molecule has 0 aliphatic heterocycles.